The van der Waals surface area contributed by atoms with Crippen LogP contribution in [0.2, 0.25) is 0 Å². The Morgan fingerprint density at radius 2 is 2.05 bits per heavy atom. The second-order valence-corrected chi connectivity index (χ2v) is 5.61. The van der Waals surface area contributed by atoms with Gasteiger partial charge in [-0.25, -0.2) is 0 Å². The molecule has 1 heterocycles. The van der Waals surface area contributed by atoms with Gasteiger partial charge in [-0.3, -0.25) is 0 Å². The summed E-state index contributed by atoms with van der Waals surface area (Å²) in [6.45, 7) is 7.11. The molecule has 2 rings (SSSR count). The second-order valence-electron chi connectivity index (χ2n) is 4.83. The van der Waals surface area contributed by atoms with Gasteiger partial charge in [0.1, 0.15) is 11.5 Å². The van der Waals surface area contributed by atoms with E-state index in [0.717, 1.165) is 28.3 Å². The van der Waals surface area contributed by atoms with E-state index in [1.807, 2.05) is 12.1 Å². The summed E-state index contributed by atoms with van der Waals surface area (Å²) in [6.07, 6.45) is 0. The summed E-state index contributed by atoms with van der Waals surface area (Å²) >= 11 is 3.36. The van der Waals surface area contributed by atoms with Crippen LogP contribution in [0.3, 0.4) is 0 Å². The molecule has 4 heteroatoms. The zero-order valence-corrected chi connectivity index (χ0v) is 13.9. The Morgan fingerprint density at radius 3 is 2.60 bits per heavy atom. The van der Waals surface area contributed by atoms with Crippen molar-refractivity contribution < 1.29 is 9.15 Å². The maximum Gasteiger partial charge on any atom is 0.169 e. The smallest absolute Gasteiger partial charge is 0.169 e. The minimum absolute atomic E-state index is 0.0122. The topological polar surface area (TPSA) is 34.4 Å². The summed E-state index contributed by atoms with van der Waals surface area (Å²) in [6, 6.07) is 8.11. The van der Waals surface area contributed by atoms with Gasteiger partial charge in [-0.1, -0.05) is 13.0 Å². The minimum Gasteiger partial charge on any atom is -0.496 e. The number of hydrogen-bond donors (Lipinski definition) is 1. The number of nitrogens with one attached hydrogen (secondary N) is 1. The number of rotatable bonds is 5. The highest BCUT2D eigenvalue weighted by atomic mass is 79.9. The van der Waals surface area contributed by atoms with Crippen LogP contribution in [0.4, 0.5) is 0 Å². The molecule has 108 valence electrons. The third kappa shape index (κ3) is 3.07. The van der Waals surface area contributed by atoms with Crippen LogP contribution in [-0.2, 0) is 0 Å². The van der Waals surface area contributed by atoms with Gasteiger partial charge in [0.25, 0.3) is 0 Å². The number of furan rings is 1. The maximum absolute atomic E-state index is 5.74. The van der Waals surface area contributed by atoms with Crippen LogP contribution in [0.5, 0.6) is 5.75 Å². The molecule has 1 unspecified atom stereocenters. The van der Waals surface area contributed by atoms with Gasteiger partial charge in [-0.15, -0.1) is 0 Å². The Kier molecular flexibility index (Phi) is 4.89. The highest BCUT2D eigenvalue weighted by molar-refractivity contribution is 9.10. The molecule has 0 fully saturated rings. The largest absolute Gasteiger partial charge is 0.496 e. The molecule has 0 spiro atoms. The quantitative estimate of drug-likeness (QED) is 0.879. The van der Waals surface area contributed by atoms with Gasteiger partial charge in [0, 0.05) is 5.56 Å². The molecule has 0 aliphatic rings. The molecule has 0 amide bonds. The SMILES string of the molecule is CCNC(c1ccc(Br)o1)c1c(C)cc(C)cc1OC. The Bertz CT molecular complexity index is 592. The summed E-state index contributed by atoms with van der Waals surface area (Å²) in [5.74, 6) is 1.77. The highest BCUT2D eigenvalue weighted by Crippen LogP contribution is 2.35. The average Bonchev–Trinajstić information content (AvgIpc) is 2.82. The van der Waals surface area contributed by atoms with E-state index in [9.17, 15) is 0 Å². The molecule has 1 N–H and O–H groups in total. The molecule has 0 aliphatic heterocycles. The van der Waals surface area contributed by atoms with Crippen molar-refractivity contribution in [3.8, 4) is 5.75 Å². The lowest BCUT2D eigenvalue weighted by atomic mass is 9.96. The minimum atomic E-state index is -0.0122. The van der Waals surface area contributed by atoms with Crippen LogP contribution in [0.25, 0.3) is 0 Å². The Morgan fingerprint density at radius 1 is 1.30 bits per heavy atom. The first-order valence-electron chi connectivity index (χ1n) is 6.70. The second kappa shape index (κ2) is 6.46. The van der Waals surface area contributed by atoms with Crippen LogP contribution in [0.15, 0.2) is 33.4 Å². The zero-order chi connectivity index (χ0) is 14.7. The van der Waals surface area contributed by atoms with Crippen LogP contribution in [-0.4, -0.2) is 13.7 Å². The van der Waals surface area contributed by atoms with E-state index in [4.69, 9.17) is 9.15 Å². The molecule has 1 aromatic carbocycles. The standard InChI is InChI=1S/C16H20BrNO2/c1-5-18-16(12-6-7-14(17)20-12)15-11(3)8-10(2)9-13(15)19-4/h6-9,16,18H,5H2,1-4H3. The Hall–Kier alpha value is -1.26. The summed E-state index contributed by atoms with van der Waals surface area (Å²) in [4.78, 5) is 0. The lowest BCUT2D eigenvalue weighted by Crippen LogP contribution is -2.23. The van der Waals surface area contributed by atoms with E-state index >= 15 is 0 Å². The molecule has 2 aromatic rings. The molecular formula is C16H20BrNO2. The van der Waals surface area contributed by atoms with Crippen LogP contribution >= 0.6 is 15.9 Å². The van der Waals surface area contributed by atoms with Gasteiger partial charge in [-0.05, 0) is 65.6 Å². The van der Waals surface area contributed by atoms with E-state index in [-0.39, 0.29) is 6.04 Å². The van der Waals surface area contributed by atoms with Gasteiger partial charge in [0.15, 0.2) is 4.67 Å². The van der Waals surface area contributed by atoms with Crippen molar-refractivity contribution in [2.75, 3.05) is 13.7 Å². The van der Waals surface area contributed by atoms with Crippen molar-refractivity contribution >= 4 is 15.9 Å². The first kappa shape index (κ1) is 15.1. The summed E-state index contributed by atoms with van der Waals surface area (Å²) in [5, 5.41) is 3.47. The number of methoxy groups -OCH3 is 1. The van der Waals surface area contributed by atoms with E-state index in [2.05, 4.69) is 54.2 Å². The highest BCUT2D eigenvalue weighted by Gasteiger charge is 2.22. The molecule has 0 bridgehead atoms. The first-order chi connectivity index (χ1) is 9.56. The van der Waals surface area contributed by atoms with Gasteiger partial charge in [-0.2, -0.15) is 0 Å². The number of benzene rings is 1. The maximum atomic E-state index is 5.74. The molecule has 0 aliphatic carbocycles. The van der Waals surface area contributed by atoms with Gasteiger partial charge in [0.2, 0.25) is 0 Å². The van der Waals surface area contributed by atoms with E-state index < -0.39 is 0 Å². The van der Waals surface area contributed by atoms with Crippen LogP contribution < -0.4 is 10.1 Å². The van der Waals surface area contributed by atoms with Gasteiger partial charge in [0.05, 0.1) is 13.2 Å². The number of hydrogen-bond acceptors (Lipinski definition) is 3. The molecule has 0 saturated heterocycles. The predicted molar refractivity (Wildman–Crippen MR) is 84.4 cm³/mol. The lowest BCUT2D eigenvalue weighted by Gasteiger charge is -2.21. The molecular weight excluding hydrogens is 318 g/mol. The third-order valence-electron chi connectivity index (χ3n) is 3.29. The molecule has 0 saturated carbocycles. The van der Waals surface area contributed by atoms with Crippen molar-refractivity contribution in [1.29, 1.82) is 0 Å². The fraction of sp³-hybridized carbons (Fsp3) is 0.375. The molecule has 0 radical (unpaired) electrons. The Balaban J connectivity index is 2.54. The van der Waals surface area contributed by atoms with Crippen LogP contribution in [0, 0.1) is 13.8 Å². The number of halogens is 1. The fourth-order valence-electron chi connectivity index (χ4n) is 2.51. The van der Waals surface area contributed by atoms with Crippen LogP contribution in [0.1, 0.15) is 35.4 Å². The first-order valence-corrected chi connectivity index (χ1v) is 7.49. The molecule has 1 aromatic heterocycles. The Labute approximate surface area is 128 Å². The molecule has 3 nitrogen and oxygen atoms in total. The van der Waals surface area contributed by atoms with E-state index in [1.165, 1.54) is 11.1 Å². The lowest BCUT2D eigenvalue weighted by molar-refractivity contribution is 0.390. The van der Waals surface area contributed by atoms with E-state index in [1.54, 1.807) is 7.11 Å². The fourth-order valence-corrected chi connectivity index (χ4v) is 2.83. The molecule has 20 heavy (non-hydrogen) atoms. The average molecular weight is 338 g/mol. The van der Waals surface area contributed by atoms with Crippen molar-refractivity contribution in [2.45, 2.75) is 26.8 Å². The summed E-state index contributed by atoms with van der Waals surface area (Å²) < 4.78 is 12.0. The van der Waals surface area contributed by atoms with E-state index in [0.29, 0.717) is 0 Å². The normalized spacial score (nSPS) is 12.4. The van der Waals surface area contributed by atoms with Crippen molar-refractivity contribution in [2.24, 2.45) is 0 Å². The monoisotopic (exact) mass is 337 g/mol. The summed E-state index contributed by atoms with van der Waals surface area (Å²) in [5.41, 5.74) is 3.51. The summed E-state index contributed by atoms with van der Waals surface area (Å²) in [7, 11) is 1.71. The van der Waals surface area contributed by atoms with Gasteiger partial charge >= 0.3 is 0 Å². The number of aryl methyl sites for hydroxylation is 2. The van der Waals surface area contributed by atoms with Crippen molar-refractivity contribution in [3.63, 3.8) is 0 Å². The predicted octanol–water partition coefficient (Wildman–Crippen LogP) is 4.37. The van der Waals surface area contributed by atoms with Crippen molar-refractivity contribution in [3.05, 3.63) is 51.4 Å². The van der Waals surface area contributed by atoms with Gasteiger partial charge < -0.3 is 14.5 Å². The van der Waals surface area contributed by atoms with Crippen molar-refractivity contribution in [1.82, 2.24) is 5.32 Å². The molecule has 1 atom stereocenters. The number of ether oxygens (including phenoxy) is 1. The third-order valence-corrected chi connectivity index (χ3v) is 3.71. The zero-order valence-electron chi connectivity index (χ0n) is 12.3.